The van der Waals surface area contributed by atoms with Crippen LogP contribution in [0.3, 0.4) is 0 Å². The average molecular weight is 604 g/mol. The number of anilines is 5. The Morgan fingerprint density at radius 1 is 0.791 bits per heavy atom. The number of hydrogen-bond acceptors (Lipinski definition) is 8. The molecule has 4 N–H and O–H groups in total. The molecule has 0 fully saturated rings. The fraction of sp³-hybridized carbons (Fsp3) is 0.133. The van der Waals surface area contributed by atoms with E-state index >= 15 is 0 Å². The molecule has 43 heavy (non-hydrogen) atoms. The van der Waals surface area contributed by atoms with Crippen molar-refractivity contribution in [1.29, 1.82) is 0 Å². The minimum Gasteiger partial charge on any atom is -0.494 e. The van der Waals surface area contributed by atoms with Crippen LogP contribution in [-0.4, -0.2) is 31.8 Å². The summed E-state index contributed by atoms with van der Waals surface area (Å²) in [6.07, 6.45) is 0.658. The summed E-state index contributed by atoms with van der Waals surface area (Å²) in [4.78, 5) is 35.7. The lowest BCUT2D eigenvalue weighted by molar-refractivity contribution is -0.384. The molecule has 0 heterocycles. The Labute approximate surface area is 248 Å². The summed E-state index contributed by atoms with van der Waals surface area (Å²) in [6.45, 7) is 4.27. The van der Waals surface area contributed by atoms with Crippen molar-refractivity contribution in [3.63, 3.8) is 0 Å². The maximum Gasteiger partial charge on any atom is 0.314 e. The fourth-order valence-electron chi connectivity index (χ4n) is 4.08. The Morgan fingerprint density at radius 3 is 2.19 bits per heavy atom. The second kappa shape index (κ2) is 13.5. The van der Waals surface area contributed by atoms with E-state index in [2.05, 4.69) is 20.7 Å². The number of rotatable bonds is 11. The summed E-state index contributed by atoms with van der Waals surface area (Å²) in [5.74, 6) is -1.20. The number of nitrogens with one attached hydrogen (secondary N) is 4. The van der Waals surface area contributed by atoms with Crippen LogP contribution in [0.4, 0.5) is 34.1 Å². The highest BCUT2D eigenvalue weighted by molar-refractivity contribution is 7.92. The quantitative estimate of drug-likeness (QED) is 0.0965. The highest BCUT2D eigenvalue weighted by Crippen LogP contribution is 2.32. The number of nitro benzene ring substituents is 1. The van der Waals surface area contributed by atoms with E-state index in [1.54, 1.807) is 36.4 Å². The Balaban J connectivity index is 1.47. The van der Waals surface area contributed by atoms with Crippen LogP contribution in [0.5, 0.6) is 5.75 Å². The van der Waals surface area contributed by atoms with Gasteiger partial charge in [-0.05, 0) is 79.6 Å². The first-order chi connectivity index (χ1) is 20.6. The number of carbonyl (C=O) groups excluding carboxylic acids is 2. The summed E-state index contributed by atoms with van der Waals surface area (Å²) in [5.41, 5.74) is 1.79. The maximum atomic E-state index is 13.1. The first-order valence-electron chi connectivity index (χ1n) is 13.2. The zero-order valence-electron chi connectivity index (χ0n) is 23.3. The molecule has 12 nitrogen and oxygen atoms in total. The number of carbonyl (C=O) groups is 2. The number of para-hydroxylation sites is 1. The molecule has 0 aliphatic carbocycles. The predicted molar refractivity (Wildman–Crippen MR) is 164 cm³/mol. The first kappa shape index (κ1) is 30.5. The van der Waals surface area contributed by atoms with Gasteiger partial charge in [-0.15, -0.1) is 0 Å². The molecule has 4 aromatic rings. The van der Waals surface area contributed by atoms with Crippen LogP contribution >= 0.6 is 0 Å². The van der Waals surface area contributed by atoms with Crippen molar-refractivity contribution in [1.82, 2.24) is 0 Å². The summed E-state index contributed by atoms with van der Waals surface area (Å²) in [6, 6.07) is 23.0. The third-order valence-electron chi connectivity index (χ3n) is 6.15. The molecular formula is C30H29N5O7S. The van der Waals surface area contributed by atoms with E-state index in [1.165, 1.54) is 36.4 Å². The molecule has 0 saturated heterocycles. The number of nitro groups is 1. The number of amides is 2. The molecule has 0 unspecified atom stereocenters. The van der Waals surface area contributed by atoms with Gasteiger partial charge in [0.05, 0.1) is 22.1 Å². The van der Waals surface area contributed by atoms with E-state index in [-0.39, 0.29) is 22.0 Å². The molecule has 0 aliphatic rings. The molecule has 4 rings (SSSR count). The third kappa shape index (κ3) is 7.86. The Morgan fingerprint density at radius 2 is 1.49 bits per heavy atom. The van der Waals surface area contributed by atoms with E-state index in [4.69, 9.17) is 4.74 Å². The largest absolute Gasteiger partial charge is 0.494 e. The SMILES string of the molecule is CCOc1ccc(Nc2ccc(S(=O)(=O)Nc3cccc(NC(=O)C(=O)Nc4ccccc4CC)c3)cc2[N+](=O)[O-])cc1. The number of ether oxygens (including phenoxy) is 1. The number of sulfonamides is 1. The van der Waals surface area contributed by atoms with Gasteiger partial charge < -0.3 is 20.7 Å². The van der Waals surface area contributed by atoms with Crippen molar-refractivity contribution in [3.05, 3.63) is 107 Å². The zero-order chi connectivity index (χ0) is 31.0. The van der Waals surface area contributed by atoms with Gasteiger partial charge in [-0.25, -0.2) is 8.42 Å². The molecule has 0 atom stereocenters. The predicted octanol–water partition coefficient (Wildman–Crippen LogP) is 5.68. The van der Waals surface area contributed by atoms with Gasteiger partial charge in [0.2, 0.25) is 0 Å². The van der Waals surface area contributed by atoms with Gasteiger partial charge in [-0.3, -0.25) is 24.4 Å². The first-order valence-corrected chi connectivity index (χ1v) is 14.7. The van der Waals surface area contributed by atoms with Gasteiger partial charge in [0.1, 0.15) is 11.4 Å². The number of aryl methyl sites for hydroxylation is 1. The van der Waals surface area contributed by atoms with Crippen molar-refractivity contribution in [2.75, 3.05) is 27.3 Å². The van der Waals surface area contributed by atoms with Crippen LogP contribution in [0, 0.1) is 10.1 Å². The molecule has 0 aliphatic heterocycles. The van der Waals surface area contributed by atoms with Crippen molar-refractivity contribution in [2.24, 2.45) is 0 Å². The number of benzene rings is 4. The van der Waals surface area contributed by atoms with Gasteiger partial charge in [-0.2, -0.15) is 0 Å². The second-order valence-electron chi connectivity index (χ2n) is 9.12. The molecule has 13 heteroatoms. The minimum atomic E-state index is -4.27. The summed E-state index contributed by atoms with van der Waals surface area (Å²) in [7, 11) is -4.27. The lowest BCUT2D eigenvalue weighted by Gasteiger charge is -2.13. The van der Waals surface area contributed by atoms with Crippen molar-refractivity contribution in [3.8, 4) is 5.75 Å². The van der Waals surface area contributed by atoms with Gasteiger partial charge in [0, 0.05) is 23.1 Å². The highest BCUT2D eigenvalue weighted by Gasteiger charge is 2.22. The summed E-state index contributed by atoms with van der Waals surface area (Å²) in [5, 5.41) is 19.7. The van der Waals surface area contributed by atoms with E-state index in [0.29, 0.717) is 30.2 Å². The highest BCUT2D eigenvalue weighted by atomic mass is 32.2. The van der Waals surface area contributed by atoms with E-state index < -0.39 is 32.4 Å². The molecule has 0 aromatic heterocycles. The van der Waals surface area contributed by atoms with Gasteiger partial charge in [-0.1, -0.05) is 31.2 Å². The zero-order valence-corrected chi connectivity index (χ0v) is 24.1. The number of nitrogens with zero attached hydrogens (tertiary/aromatic N) is 1. The van der Waals surface area contributed by atoms with Crippen molar-refractivity contribution >= 4 is 56.0 Å². The average Bonchev–Trinajstić information content (AvgIpc) is 2.98. The van der Waals surface area contributed by atoms with E-state index in [1.807, 2.05) is 26.0 Å². The van der Waals surface area contributed by atoms with Crippen LogP contribution in [0.2, 0.25) is 0 Å². The minimum absolute atomic E-state index is 0.0637. The van der Waals surface area contributed by atoms with Crippen LogP contribution in [0.15, 0.2) is 95.9 Å². The Hall–Kier alpha value is -5.43. The molecule has 2 amide bonds. The topological polar surface area (TPSA) is 169 Å². The molecule has 0 saturated carbocycles. The molecule has 4 aromatic carbocycles. The Kier molecular flexibility index (Phi) is 9.58. The number of hydrogen-bond donors (Lipinski definition) is 4. The lowest BCUT2D eigenvalue weighted by atomic mass is 10.1. The van der Waals surface area contributed by atoms with Gasteiger partial charge in [0.15, 0.2) is 0 Å². The molecule has 0 bridgehead atoms. The van der Waals surface area contributed by atoms with Gasteiger partial charge >= 0.3 is 11.8 Å². The van der Waals surface area contributed by atoms with Crippen LogP contribution in [-0.2, 0) is 26.0 Å². The smallest absolute Gasteiger partial charge is 0.314 e. The normalized spacial score (nSPS) is 10.8. The summed E-state index contributed by atoms with van der Waals surface area (Å²) >= 11 is 0. The summed E-state index contributed by atoms with van der Waals surface area (Å²) < 4.78 is 34.0. The van der Waals surface area contributed by atoms with Crippen LogP contribution in [0.1, 0.15) is 19.4 Å². The molecule has 0 radical (unpaired) electrons. The third-order valence-corrected chi connectivity index (χ3v) is 7.52. The molecule has 0 spiro atoms. The van der Waals surface area contributed by atoms with Crippen LogP contribution < -0.4 is 25.4 Å². The molecular weight excluding hydrogens is 574 g/mol. The van der Waals surface area contributed by atoms with E-state index in [9.17, 15) is 28.1 Å². The van der Waals surface area contributed by atoms with Crippen molar-refractivity contribution < 1.29 is 27.7 Å². The lowest BCUT2D eigenvalue weighted by Crippen LogP contribution is -2.29. The maximum absolute atomic E-state index is 13.1. The fourth-order valence-corrected chi connectivity index (χ4v) is 5.15. The van der Waals surface area contributed by atoms with Crippen molar-refractivity contribution in [2.45, 2.75) is 25.2 Å². The monoisotopic (exact) mass is 603 g/mol. The van der Waals surface area contributed by atoms with E-state index in [0.717, 1.165) is 11.6 Å². The Bertz CT molecular complexity index is 1760. The standard InChI is InChI=1S/C30H29N5O7S/c1-3-20-8-5-6-11-26(20)33-30(37)29(36)32-22-9-7-10-23(18-22)34-43(40,41)25-16-17-27(28(19-25)35(38)39)31-21-12-14-24(15-13-21)42-4-2/h5-19,31,34H,3-4H2,1-2H3,(H,32,36)(H,33,37). The van der Waals surface area contributed by atoms with Gasteiger partial charge in [0.25, 0.3) is 15.7 Å². The molecule has 222 valence electrons. The van der Waals surface area contributed by atoms with Crippen LogP contribution in [0.25, 0.3) is 0 Å². The second-order valence-corrected chi connectivity index (χ2v) is 10.8.